The van der Waals surface area contributed by atoms with Gasteiger partial charge in [0.2, 0.25) is 0 Å². The molecule has 10 heteroatoms. The van der Waals surface area contributed by atoms with Gasteiger partial charge < -0.3 is 19.3 Å². The highest BCUT2D eigenvalue weighted by Crippen LogP contribution is 2.41. The predicted molar refractivity (Wildman–Crippen MR) is 129 cm³/mol. The molecule has 2 atom stereocenters. The quantitative estimate of drug-likeness (QED) is 0.177. The molecule has 10 nitrogen and oxygen atoms in total. The molecule has 0 spiro atoms. The number of aliphatic hydroxyl groups is 1. The van der Waals surface area contributed by atoms with E-state index in [4.69, 9.17) is 4.74 Å². The summed E-state index contributed by atoms with van der Waals surface area (Å²) in [5, 5.41) is 22.4. The largest absolute Gasteiger partial charge is 0.507 e. The van der Waals surface area contributed by atoms with Crippen molar-refractivity contribution < 1.29 is 24.4 Å². The number of ether oxygens (including phenoxy) is 1. The number of nitrogens with zero attached hydrogens (tertiary/aromatic N) is 4. The molecule has 2 unspecified atom stereocenters. The van der Waals surface area contributed by atoms with Crippen molar-refractivity contribution in [2.45, 2.75) is 38.5 Å². The van der Waals surface area contributed by atoms with Crippen LogP contribution in [0.4, 0.5) is 5.69 Å². The first kappa shape index (κ1) is 23.3. The topological polar surface area (TPSA) is 128 Å². The van der Waals surface area contributed by atoms with Gasteiger partial charge in [-0.05, 0) is 54.8 Å². The van der Waals surface area contributed by atoms with Gasteiger partial charge in [-0.25, -0.2) is 4.98 Å². The van der Waals surface area contributed by atoms with E-state index >= 15 is 0 Å². The van der Waals surface area contributed by atoms with Gasteiger partial charge in [-0.3, -0.25) is 19.7 Å². The maximum Gasteiger partial charge on any atom is 0.295 e. The average molecular weight is 489 g/mol. The number of Topliss-reactive ketones (excluding diaryl/α,β-unsaturated/α-hetero) is 1. The predicted octanol–water partition coefficient (Wildman–Crippen LogP) is 3.63. The zero-order chi connectivity index (χ0) is 25.4. The number of imidazole rings is 1. The average Bonchev–Trinajstić information content (AvgIpc) is 3.57. The van der Waals surface area contributed by atoms with Crippen LogP contribution in [0.25, 0.3) is 5.76 Å². The van der Waals surface area contributed by atoms with Gasteiger partial charge in [-0.1, -0.05) is 0 Å². The molecule has 5 rings (SSSR count). The van der Waals surface area contributed by atoms with Gasteiger partial charge in [0.25, 0.3) is 17.4 Å². The summed E-state index contributed by atoms with van der Waals surface area (Å²) < 4.78 is 7.60. The number of rotatable bonds is 7. The molecule has 3 heterocycles. The Morgan fingerprint density at radius 3 is 2.67 bits per heavy atom. The van der Waals surface area contributed by atoms with Crippen molar-refractivity contribution in [1.29, 1.82) is 0 Å². The number of likely N-dealkylation sites (tertiary alicyclic amines) is 1. The minimum absolute atomic E-state index is 0.0126. The van der Waals surface area contributed by atoms with Crippen LogP contribution in [-0.4, -0.2) is 48.8 Å². The highest BCUT2D eigenvalue weighted by molar-refractivity contribution is 6.46. The number of ketones is 1. The molecule has 2 aliphatic heterocycles. The van der Waals surface area contributed by atoms with Crippen molar-refractivity contribution >= 4 is 23.1 Å². The van der Waals surface area contributed by atoms with Crippen LogP contribution in [0.15, 0.2) is 66.8 Å². The van der Waals surface area contributed by atoms with Crippen LogP contribution < -0.4 is 4.74 Å². The Labute approximate surface area is 206 Å². The first-order chi connectivity index (χ1) is 17.3. The number of carbonyl (C=O) groups excluding carboxylic acids is 2. The van der Waals surface area contributed by atoms with Crippen molar-refractivity contribution in [3.8, 4) is 5.75 Å². The number of nitro benzene ring substituents is 1. The third-order valence-electron chi connectivity index (χ3n) is 6.50. The number of amides is 1. The molecule has 1 N–H and O–H groups in total. The third kappa shape index (κ3) is 4.21. The lowest BCUT2D eigenvalue weighted by atomic mass is 9.94. The van der Waals surface area contributed by atoms with Crippen LogP contribution in [0.5, 0.6) is 5.75 Å². The van der Waals surface area contributed by atoms with Crippen LogP contribution in [0.1, 0.15) is 36.1 Å². The molecule has 184 valence electrons. The molecule has 0 aliphatic carbocycles. The Bertz CT molecular complexity index is 1360. The number of benzene rings is 2. The molecule has 1 amide bonds. The molecule has 3 aromatic rings. The number of hydrogen-bond acceptors (Lipinski definition) is 7. The number of aryl methyl sites for hydroxylation is 1. The molecule has 1 aromatic heterocycles. The molecule has 2 aromatic carbocycles. The normalized spacial score (nSPS) is 20.4. The van der Waals surface area contributed by atoms with Crippen LogP contribution in [-0.2, 0) is 22.6 Å². The monoisotopic (exact) mass is 488 g/mol. The molecule has 2 aliphatic rings. The maximum atomic E-state index is 13.2. The maximum absolute atomic E-state index is 13.2. The van der Waals surface area contributed by atoms with E-state index in [0.717, 1.165) is 11.3 Å². The lowest BCUT2D eigenvalue weighted by Crippen LogP contribution is -2.31. The van der Waals surface area contributed by atoms with Crippen molar-refractivity contribution in [1.82, 2.24) is 14.5 Å². The Balaban J connectivity index is 1.54. The number of aromatic nitrogens is 2. The number of hydrogen-bond donors (Lipinski definition) is 1. The number of aliphatic hydroxyl groups excluding tert-OH is 1. The first-order valence-electron chi connectivity index (χ1n) is 11.6. The lowest BCUT2D eigenvalue weighted by molar-refractivity contribution is -0.384. The summed E-state index contributed by atoms with van der Waals surface area (Å²) >= 11 is 0. The van der Waals surface area contributed by atoms with Crippen molar-refractivity contribution in [3.63, 3.8) is 0 Å². The van der Waals surface area contributed by atoms with E-state index < -0.39 is 22.7 Å². The first-order valence-corrected chi connectivity index (χ1v) is 11.6. The highest BCUT2D eigenvalue weighted by Gasteiger charge is 2.46. The second-order valence-corrected chi connectivity index (χ2v) is 8.95. The van der Waals surface area contributed by atoms with Crippen molar-refractivity contribution in [2.24, 2.45) is 0 Å². The SMILES string of the molecule is CC1Cc2cc(C(O)=C3C(=O)C(=O)N(CCCn4ccnc4)C3c3ccc([N+](=O)[O-])cc3)ccc2O1. The molecule has 0 bridgehead atoms. The molecular formula is C26H24N4O6. The third-order valence-corrected chi connectivity index (χ3v) is 6.50. The number of nitro groups is 1. The number of non-ortho nitro benzene ring substituents is 1. The van der Waals surface area contributed by atoms with Crippen molar-refractivity contribution in [2.75, 3.05) is 6.54 Å². The Morgan fingerprint density at radius 1 is 1.19 bits per heavy atom. The van der Waals surface area contributed by atoms with Gasteiger partial charge in [-0.15, -0.1) is 0 Å². The van der Waals surface area contributed by atoms with Crippen molar-refractivity contribution in [3.05, 3.63) is 93.6 Å². The van der Waals surface area contributed by atoms with Gasteiger partial charge >= 0.3 is 0 Å². The minimum Gasteiger partial charge on any atom is -0.507 e. The van der Waals surface area contributed by atoms with Crippen LogP contribution >= 0.6 is 0 Å². The van der Waals surface area contributed by atoms with E-state index in [-0.39, 0.29) is 29.7 Å². The molecule has 0 saturated carbocycles. The molecule has 0 radical (unpaired) electrons. The molecule has 36 heavy (non-hydrogen) atoms. The van der Waals surface area contributed by atoms with E-state index in [1.807, 2.05) is 11.5 Å². The van der Waals surface area contributed by atoms with Crippen LogP contribution in [0.2, 0.25) is 0 Å². The second-order valence-electron chi connectivity index (χ2n) is 8.95. The zero-order valence-corrected chi connectivity index (χ0v) is 19.5. The van der Waals surface area contributed by atoms with E-state index in [1.54, 1.807) is 36.9 Å². The fourth-order valence-corrected chi connectivity index (χ4v) is 4.80. The second kappa shape index (κ2) is 9.29. The van der Waals surface area contributed by atoms with Gasteiger partial charge in [0.1, 0.15) is 17.6 Å². The standard InChI is InChI=1S/C26H24N4O6/c1-16-13-19-14-18(5-8-21(19)36-16)24(31)22-23(17-3-6-20(7-4-17)30(34)35)29(26(33)25(22)32)11-2-10-28-12-9-27-15-28/h3-9,12,14-16,23,31H,2,10-11,13H2,1H3. The number of fused-ring (bicyclic) bond motifs is 1. The summed E-state index contributed by atoms with van der Waals surface area (Å²) in [6, 6.07) is 9.99. The minimum atomic E-state index is -0.878. The summed E-state index contributed by atoms with van der Waals surface area (Å²) in [7, 11) is 0. The Kier molecular flexibility index (Phi) is 6.01. The summed E-state index contributed by atoms with van der Waals surface area (Å²) in [4.78, 5) is 42.4. The number of carbonyl (C=O) groups is 2. The van der Waals surface area contributed by atoms with Gasteiger partial charge in [-0.2, -0.15) is 0 Å². The van der Waals surface area contributed by atoms with E-state index in [1.165, 1.54) is 29.2 Å². The summed E-state index contributed by atoms with van der Waals surface area (Å²) in [5.74, 6) is -1.06. The Morgan fingerprint density at radius 2 is 1.97 bits per heavy atom. The molecule has 1 fully saturated rings. The van der Waals surface area contributed by atoms with E-state index in [2.05, 4.69) is 4.98 Å². The van der Waals surface area contributed by atoms with Gasteiger partial charge in [0.15, 0.2) is 0 Å². The van der Waals surface area contributed by atoms with E-state index in [9.17, 15) is 24.8 Å². The zero-order valence-electron chi connectivity index (χ0n) is 19.5. The molecular weight excluding hydrogens is 464 g/mol. The van der Waals surface area contributed by atoms with Gasteiger partial charge in [0, 0.05) is 49.6 Å². The summed E-state index contributed by atoms with van der Waals surface area (Å²) in [6.07, 6.45) is 6.36. The molecule has 1 saturated heterocycles. The van der Waals surface area contributed by atoms with Gasteiger partial charge in [0.05, 0.1) is 22.9 Å². The Hall–Kier alpha value is -4.47. The smallest absolute Gasteiger partial charge is 0.295 e. The van der Waals surface area contributed by atoms with Crippen LogP contribution in [0.3, 0.4) is 0 Å². The fourth-order valence-electron chi connectivity index (χ4n) is 4.80. The summed E-state index contributed by atoms with van der Waals surface area (Å²) in [6.45, 7) is 2.78. The summed E-state index contributed by atoms with van der Waals surface area (Å²) in [5.41, 5.74) is 1.68. The fraction of sp³-hybridized carbons (Fsp3) is 0.269. The lowest BCUT2D eigenvalue weighted by Gasteiger charge is -2.25. The highest BCUT2D eigenvalue weighted by atomic mass is 16.6. The van der Waals surface area contributed by atoms with E-state index in [0.29, 0.717) is 30.5 Å². The van der Waals surface area contributed by atoms with Crippen LogP contribution in [0, 0.1) is 10.1 Å².